The van der Waals surface area contributed by atoms with E-state index in [1.54, 1.807) is 0 Å². The third-order valence-electron chi connectivity index (χ3n) is 3.89. The Balaban J connectivity index is 2.30. The molecule has 106 valence electrons. The molecule has 1 saturated heterocycles. The maximum absolute atomic E-state index is 6.31. The number of rotatable bonds is 4. The van der Waals surface area contributed by atoms with Crippen LogP contribution in [0.25, 0.3) is 0 Å². The van der Waals surface area contributed by atoms with E-state index in [0.717, 1.165) is 38.2 Å². The van der Waals surface area contributed by atoms with Gasteiger partial charge >= 0.3 is 0 Å². The highest BCUT2D eigenvalue weighted by molar-refractivity contribution is 6.32. The lowest BCUT2D eigenvalue weighted by atomic mass is 9.91. The van der Waals surface area contributed by atoms with Crippen molar-refractivity contribution < 1.29 is 0 Å². The molecule has 0 spiro atoms. The molecule has 19 heavy (non-hydrogen) atoms. The number of piperazine rings is 1. The molecule has 0 radical (unpaired) electrons. The van der Waals surface area contributed by atoms with Crippen molar-refractivity contribution in [3.05, 3.63) is 28.0 Å². The van der Waals surface area contributed by atoms with Gasteiger partial charge in [0.05, 0.1) is 0 Å². The first-order chi connectivity index (χ1) is 9.13. The monoisotopic (exact) mass is 301 g/mol. The minimum absolute atomic E-state index is 0.323. The second-order valence-electron chi connectivity index (χ2n) is 5.13. The number of pyridine rings is 1. The highest BCUT2D eigenvalue weighted by Crippen LogP contribution is 2.34. The number of hydrogen-bond acceptors (Lipinski definition) is 3. The van der Waals surface area contributed by atoms with Crippen molar-refractivity contribution in [1.29, 1.82) is 0 Å². The molecule has 2 rings (SSSR count). The van der Waals surface area contributed by atoms with E-state index >= 15 is 0 Å². The van der Waals surface area contributed by atoms with Crippen LogP contribution >= 0.6 is 23.2 Å². The van der Waals surface area contributed by atoms with E-state index in [1.807, 2.05) is 12.1 Å². The summed E-state index contributed by atoms with van der Waals surface area (Å²) in [6.07, 6.45) is 1.12. The molecule has 3 nitrogen and oxygen atoms in total. The van der Waals surface area contributed by atoms with Crippen LogP contribution in [0.4, 0.5) is 0 Å². The molecule has 1 aromatic heterocycles. The van der Waals surface area contributed by atoms with Crippen LogP contribution in [0, 0.1) is 5.92 Å². The van der Waals surface area contributed by atoms with E-state index in [0.29, 0.717) is 22.3 Å². The SMILES string of the molecule is CCC(C)[C@H](c1ccc(Cl)nc1Cl)N1CCNCC1. The zero-order valence-corrected chi connectivity index (χ0v) is 13.0. The van der Waals surface area contributed by atoms with Crippen molar-refractivity contribution in [1.82, 2.24) is 15.2 Å². The molecule has 0 saturated carbocycles. The molecule has 1 unspecified atom stereocenters. The Hall–Kier alpha value is -0.350. The summed E-state index contributed by atoms with van der Waals surface area (Å²) in [6.45, 7) is 8.66. The number of hydrogen-bond donors (Lipinski definition) is 1. The third-order valence-corrected chi connectivity index (χ3v) is 4.40. The second-order valence-corrected chi connectivity index (χ2v) is 5.88. The first kappa shape index (κ1) is 15.0. The average molecular weight is 302 g/mol. The summed E-state index contributed by atoms with van der Waals surface area (Å²) in [5.74, 6) is 0.540. The lowest BCUT2D eigenvalue weighted by Crippen LogP contribution is -2.46. The fourth-order valence-electron chi connectivity index (χ4n) is 2.69. The van der Waals surface area contributed by atoms with Gasteiger partial charge < -0.3 is 5.32 Å². The van der Waals surface area contributed by atoms with E-state index in [2.05, 4.69) is 29.0 Å². The van der Waals surface area contributed by atoms with Gasteiger partial charge in [-0.3, -0.25) is 4.90 Å². The molecular formula is C14H21Cl2N3. The normalized spacial score (nSPS) is 20.2. The number of nitrogens with zero attached hydrogens (tertiary/aromatic N) is 2. The lowest BCUT2D eigenvalue weighted by molar-refractivity contribution is 0.128. The smallest absolute Gasteiger partial charge is 0.135 e. The van der Waals surface area contributed by atoms with E-state index in [4.69, 9.17) is 23.2 Å². The van der Waals surface area contributed by atoms with Gasteiger partial charge in [0.15, 0.2) is 0 Å². The van der Waals surface area contributed by atoms with Gasteiger partial charge in [0, 0.05) is 37.8 Å². The first-order valence-electron chi connectivity index (χ1n) is 6.90. The highest BCUT2D eigenvalue weighted by atomic mass is 35.5. The Kier molecular flexibility index (Phi) is 5.46. The molecular weight excluding hydrogens is 281 g/mol. The van der Waals surface area contributed by atoms with Crippen LogP contribution in [0.3, 0.4) is 0 Å². The van der Waals surface area contributed by atoms with Gasteiger partial charge in [0.25, 0.3) is 0 Å². The predicted octanol–water partition coefficient (Wildman–Crippen LogP) is 3.38. The predicted molar refractivity (Wildman–Crippen MR) is 80.9 cm³/mol. The van der Waals surface area contributed by atoms with Crippen LogP contribution in [0.2, 0.25) is 10.3 Å². The molecule has 5 heteroatoms. The van der Waals surface area contributed by atoms with E-state index in [-0.39, 0.29) is 0 Å². The van der Waals surface area contributed by atoms with Crippen molar-refractivity contribution in [3.8, 4) is 0 Å². The van der Waals surface area contributed by atoms with Crippen molar-refractivity contribution in [3.63, 3.8) is 0 Å². The molecule has 1 aliphatic heterocycles. The van der Waals surface area contributed by atoms with Crippen molar-refractivity contribution in [2.45, 2.75) is 26.3 Å². The maximum atomic E-state index is 6.31. The van der Waals surface area contributed by atoms with Gasteiger partial charge in [0.1, 0.15) is 10.3 Å². The zero-order chi connectivity index (χ0) is 13.8. The quantitative estimate of drug-likeness (QED) is 0.864. The van der Waals surface area contributed by atoms with Crippen molar-refractivity contribution >= 4 is 23.2 Å². The first-order valence-corrected chi connectivity index (χ1v) is 7.65. The third kappa shape index (κ3) is 3.60. The standard InChI is InChI=1S/C14H21Cl2N3/c1-3-10(2)13(19-8-6-17-7-9-19)11-4-5-12(15)18-14(11)16/h4-5,10,13,17H,3,6-9H2,1-2H3/t10?,13-/m1/s1. The van der Waals surface area contributed by atoms with Crippen LogP contribution in [0.5, 0.6) is 0 Å². The van der Waals surface area contributed by atoms with Gasteiger partial charge in [-0.1, -0.05) is 49.5 Å². The maximum Gasteiger partial charge on any atom is 0.135 e. The van der Waals surface area contributed by atoms with Gasteiger partial charge in [-0.25, -0.2) is 4.98 Å². The topological polar surface area (TPSA) is 28.2 Å². The summed E-state index contributed by atoms with van der Waals surface area (Å²) in [5, 5.41) is 4.38. The van der Waals surface area contributed by atoms with Crippen LogP contribution in [0.15, 0.2) is 12.1 Å². The van der Waals surface area contributed by atoms with Crippen LogP contribution < -0.4 is 5.32 Å². The van der Waals surface area contributed by atoms with Crippen LogP contribution in [-0.2, 0) is 0 Å². The summed E-state index contributed by atoms with van der Waals surface area (Å²) >= 11 is 12.2. The summed E-state index contributed by atoms with van der Waals surface area (Å²) in [5.41, 5.74) is 1.10. The molecule has 2 heterocycles. The summed E-state index contributed by atoms with van der Waals surface area (Å²) in [6, 6.07) is 4.18. The Bertz CT molecular complexity index is 419. The van der Waals surface area contributed by atoms with Gasteiger partial charge in [-0.15, -0.1) is 0 Å². The molecule has 1 aromatic rings. The van der Waals surface area contributed by atoms with Gasteiger partial charge in [-0.05, 0) is 12.0 Å². The molecule has 0 amide bonds. The second kappa shape index (κ2) is 6.89. The number of halogens is 2. The molecule has 1 aliphatic rings. The van der Waals surface area contributed by atoms with Crippen molar-refractivity contribution in [2.75, 3.05) is 26.2 Å². The minimum atomic E-state index is 0.323. The average Bonchev–Trinajstić information content (AvgIpc) is 2.42. The van der Waals surface area contributed by atoms with Gasteiger partial charge in [-0.2, -0.15) is 0 Å². The molecule has 2 atom stereocenters. The Morgan fingerprint density at radius 2 is 2.00 bits per heavy atom. The Morgan fingerprint density at radius 1 is 1.32 bits per heavy atom. The molecule has 0 bridgehead atoms. The van der Waals surface area contributed by atoms with E-state index in [1.165, 1.54) is 0 Å². The molecule has 0 aliphatic carbocycles. The fraction of sp³-hybridized carbons (Fsp3) is 0.643. The van der Waals surface area contributed by atoms with Crippen molar-refractivity contribution in [2.24, 2.45) is 5.92 Å². The molecule has 0 aromatic carbocycles. The Labute approximate surface area is 125 Å². The van der Waals surface area contributed by atoms with Gasteiger partial charge in [0.2, 0.25) is 0 Å². The lowest BCUT2D eigenvalue weighted by Gasteiger charge is -2.38. The van der Waals surface area contributed by atoms with E-state index < -0.39 is 0 Å². The van der Waals surface area contributed by atoms with Crippen LogP contribution in [0.1, 0.15) is 31.9 Å². The number of nitrogens with one attached hydrogen (secondary N) is 1. The highest BCUT2D eigenvalue weighted by Gasteiger charge is 2.28. The van der Waals surface area contributed by atoms with E-state index in [9.17, 15) is 0 Å². The minimum Gasteiger partial charge on any atom is -0.314 e. The summed E-state index contributed by atoms with van der Waals surface area (Å²) in [7, 11) is 0. The number of aromatic nitrogens is 1. The molecule has 1 N–H and O–H groups in total. The summed E-state index contributed by atoms with van der Waals surface area (Å²) < 4.78 is 0. The molecule has 1 fully saturated rings. The Morgan fingerprint density at radius 3 is 2.58 bits per heavy atom. The largest absolute Gasteiger partial charge is 0.314 e. The van der Waals surface area contributed by atoms with Crippen LogP contribution in [-0.4, -0.2) is 36.1 Å². The fourth-order valence-corrected chi connectivity index (χ4v) is 3.15. The zero-order valence-electron chi connectivity index (χ0n) is 11.5. The summed E-state index contributed by atoms with van der Waals surface area (Å²) in [4.78, 5) is 6.70.